The zero-order valence-electron chi connectivity index (χ0n) is 11.2. The fraction of sp³-hybridized carbons (Fsp3) is 0.615. The van der Waals surface area contributed by atoms with E-state index in [2.05, 4.69) is 0 Å². The molecule has 0 amide bonds. The summed E-state index contributed by atoms with van der Waals surface area (Å²) in [5.41, 5.74) is 0.375. The first-order valence-corrected chi connectivity index (χ1v) is 5.90. The van der Waals surface area contributed by atoms with Crippen molar-refractivity contribution in [1.29, 1.82) is 0 Å². The number of hydroxylamine groups is 2. The molecule has 4 heteroatoms. The lowest BCUT2D eigenvalue weighted by Gasteiger charge is -2.35. The van der Waals surface area contributed by atoms with Gasteiger partial charge in [0.05, 0.1) is 6.04 Å². The van der Waals surface area contributed by atoms with Gasteiger partial charge in [0.25, 0.3) is 0 Å². The molecule has 1 unspecified atom stereocenters. The van der Waals surface area contributed by atoms with E-state index in [0.29, 0.717) is 0 Å². The topological polar surface area (TPSA) is 47.2 Å². The maximum Gasteiger partial charge on any atom is 0.227 e. The van der Waals surface area contributed by atoms with Crippen LogP contribution in [0.15, 0.2) is 24.5 Å². The van der Waals surface area contributed by atoms with Gasteiger partial charge in [-0.3, -0.25) is 5.21 Å². The molecule has 0 fully saturated rings. The third kappa shape index (κ3) is 3.41. The first-order valence-electron chi connectivity index (χ1n) is 5.90. The Morgan fingerprint density at radius 2 is 1.94 bits per heavy atom. The van der Waals surface area contributed by atoms with Gasteiger partial charge >= 0.3 is 0 Å². The summed E-state index contributed by atoms with van der Waals surface area (Å²) in [4.78, 5) is 0. The van der Waals surface area contributed by atoms with Crippen molar-refractivity contribution in [1.82, 2.24) is 5.06 Å². The number of rotatable bonds is 3. The second-order valence-corrected chi connectivity index (χ2v) is 5.70. The van der Waals surface area contributed by atoms with E-state index in [-0.39, 0.29) is 12.0 Å². The lowest BCUT2D eigenvalue weighted by molar-refractivity contribution is -0.905. The quantitative estimate of drug-likeness (QED) is 0.499. The summed E-state index contributed by atoms with van der Waals surface area (Å²) in [5.74, 6) is 0.175. The molecule has 0 saturated heterocycles. The molecule has 1 aromatic heterocycles. The van der Waals surface area contributed by atoms with E-state index in [9.17, 15) is 10.4 Å². The minimum absolute atomic E-state index is 0.175. The molecular weight excluding hydrogens is 216 g/mol. The summed E-state index contributed by atoms with van der Waals surface area (Å²) in [5, 5.41) is 22.9. The first-order chi connectivity index (χ1) is 7.73. The van der Waals surface area contributed by atoms with Crippen LogP contribution in [-0.2, 0) is 5.21 Å². The summed E-state index contributed by atoms with van der Waals surface area (Å²) >= 11 is 0. The van der Waals surface area contributed by atoms with Crippen molar-refractivity contribution in [3.63, 3.8) is 0 Å². The Labute approximate surface area is 103 Å². The Bertz CT molecular complexity index is 372. The largest absolute Gasteiger partial charge is 0.285 e. The van der Waals surface area contributed by atoms with Gasteiger partial charge in [-0.15, -0.1) is 10.3 Å². The van der Waals surface area contributed by atoms with Crippen molar-refractivity contribution in [2.45, 2.75) is 46.2 Å². The standard InChI is InChI=1S/C13H22N2O2/c1-10(2)12(15(17)13(3,4)5)11-7-6-8-14(16)9-11/h6-10,12,16H,1-5H3/q+1. The van der Waals surface area contributed by atoms with Crippen LogP contribution in [0.5, 0.6) is 0 Å². The van der Waals surface area contributed by atoms with Gasteiger partial charge in [-0.2, -0.15) is 0 Å². The van der Waals surface area contributed by atoms with Gasteiger partial charge in [-0.05, 0) is 32.8 Å². The summed E-state index contributed by atoms with van der Waals surface area (Å²) in [6.45, 7) is 9.70. The molecule has 0 bridgehead atoms. The molecule has 1 radical (unpaired) electrons. The summed E-state index contributed by atoms with van der Waals surface area (Å²) < 4.78 is 0.987. The van der Waals surface area contributed by atoms with Crippen molar-refractivity contribution in [2.24, 2.45) is 5.92 Å². The maximum atomic E-state index is 12.3. The normalized spacial score (nSPS) is 14.4. The van der Waals surface area contributed by atoms with Crippen LogP contribution >= 0.6 is 0 Å². The maximum absolute atomic E-state index is 12.3. The number of hydrogen-bond donors (Lipinski definition) is 1. The Kier molecular flexibility index (Phi) is 4.11. The molecule has 17 heavy (non-hydrogen) atoms. The van der Waals surface area contributed by atoms with Crippen molar-refractivity contribution < 1.29 is 15.1 Å². The van der Waals surface area contributed by atoms with Crippen LogP contribution < -0.4 is 4.73 Å². The molecule has 1 rings (SSSR count). The average molecular weight is 238 g/mol. The highest BCUT2D eigenvalue weighted by Crippen LogP contribution is 2.31. The highest BCUT2D eigenvalue weighted by molar-refractivity contribution is 5.12. The van der Waals surface area contributed by atoms with E-state index in [4.69, 9.17) is 0 Å². The number of aromatic nitrogens is 1. The second-order valence-electron chi connectivity index (χ2n) is 5.70. The van der Waals surface area contributed by atoms with Gasteiger partial charge in [0, 0.05) is 21.9 Å². The minimum Gasteiger partial charge on any atom is -0.285 e. The average Bonchev–Trinajstić information content (AvgIpc) is 2.15. The van der Waals surface area contributed by atoms with E-state index >= 15 is 0 Å². The summed E-state index contributed by atoms with van der Waals surface area (Å²) in [7, 11) is 0. The fourth-order valence-electron chi connectivity index (χ4n) is 1.86. The van der Waals surface area contributed by atoms with Crippen molar-refractivity contribution >= 4 is 0 Å². The van der Waals surface area contributed by atoms with E-state index in [0.717, 1.165) is 15.4 Å². The van der Waals surface area contributed by atoms with Crippen molar-refractivity contribution in [3.8, 4) is 0 Å². The molecular formula is C13H22N2O2+. The first kappa shape index (κ1) is 13.9. The zero-order valence-corrected chi connectivity index (χ0v) is 11.2. The predicted molar refractivity (Wildman–Crippen MR) is 63.7 cm³/mol. The molecule has 0 aliphatic carbocycles. The van der Waals surface area contributed by atoms with Crippen LogP contribution in [0.3, 0.4) is 0 Å². The summed E-state index contributed by atoms with van der Waals surface area (Å²) in [6.07, 6.45) is 3.12. The molecule has 4 nitrogen and oxygen atoms in total. The molecule has 0 spiro atoms. The van der Waals surface area contributed by atoms with Crippen LogP contribution in [0, 0.1) is 5.92 Å². The smallest absolute Gasteiger partial charge is 0.227 e. The van der Waals surface area contributed by atoms with E-state index in [1.165, 1.54) is 6.20 Å². The van der Waals surface area contributed by atoms with Gasteiger partial charge in [-0.25, -0.2) is 0 Å². The van der Waals surface area contributed by atoms with Crippen LogP contribution in [0.25, 0.3) is 0 Å². The molecule has 0 aliphatic rings. The van der Waals surface area contributed by atoms with Gasteiger partial charge in [0.1, 0.15) is 0 Å². The molecule has 1 heterocycles. The van der Waals surface area contributed by atoms with E-state index in [1.54, 1.807) is 12.3 Å². The van der Waals surface area contributed by atoms with Crippen LogP contribution in [-0.4, -0.2) is 15.8 Å². The molecule has 0 aliphatic heterocycles. The van der Waals surface area contributed by atoms with Gasteiger partial charge in [-0.1, -0.05) is 13.8 Å². The molecule has 1 N–H and O–H groups in total. The third-order valence-corrected chi connectivity index (χ3v) is 2.70. The Hall–Kier alpha value is -1.13. The summed E-state index contributed by atoms with van der Waals surface area (Å²) in [6, 6.07) is 3.35. The Morgan fingerprint density at radius 3 is 2.35 bits per heavy atom. The minimum atomic E-state index is -0.453. The Balaban J connectivity index is 3.10. The monoisotopic (exact) mass is 238 g/mol. The van der Waals surface area contributed by atoms with Crippen LogP contribution in [0.2, 0.25) is 0 Å². The van der Waals surface area contributed by atoms with Gasteiger partial charge in [0.2, 0.25) is 12.4 Å². The molecule has 95 valence electrons. The lowest BCUT2D eigenvalue weighted by Crippen LogP contribution is -2.43. The van der Waals surface area contributed by atoms with E-state index < -0.39 is 5.54 Å². The second kappa shape index (κ2) is 5.02. The predicted octanol–water partition coefficient (Wildman–Crippen LogP) is 2.35. The third-order valence-electron chi connectivity index (χ3n) is 2.70. The number of nitrogens with zero attached hydrogens (tertiary/aromatic N) is 2. The molecule has 0 aromatic carbocycles. The lowest BCUT2D eigenvalue weighted by atomic mass is 9.93. The van der Waals surface area contributed by atoms with Crippen molar-refractivity contribution in [3.05, 3.63) is 30.1 Å². The van der Waals surface area contributed by atoms with Gasteiger partial charge < -0.3 is 0 Å². The van der Waals surface area contributed by atoms with Gasteiger partial charge in [0.15, 0.2) is 0 Å². The fourth-order valence-corrected chi connectivity index (χ4v) is 1.86. The van der Waals surface area contributed by atoms with Crippen LogP contribution in [0.1, 0.15) is 46.2 Å². The Morgan fingerprint density at radius 1 is 1.35 bits per heavy atom. The molecule has 0 saturated carbocycles. The zero-order chi connectivity index (χ0) is 13.2. The molecule has 1 aromatic rings. The SMILES string of the molecule is CC(C)C(c1ccc[n+](O)c1)N([O])C(C)(C)C. The molecule has 1 atom stereocenters. The van der Waals surface area contributed by atoms with E-state index in [1.807, 2.05) is 40.7 Å². The van der Waals surface area contributed by atoms with Crippen molar-refractivity contribution in [2.75, 3.05) is 0 Å². The number of hydrogen-bond acceptors (Lipinski definition) is 2. The van der Waals surface area contributed by atoms with Crippen LogP contribution in [0.4, 0.5) is 0 Å². The number of pyridine rings is 1. The highest BCUT2D eigenvalue weighted by atomic mass is 16.5. The highest BCUT2D eigenvalue weighted by Gasteiger charge is 2.33.